The van der Waals surface area contributed by atoms with Gasteiger partial charge in [-0.15, -0.1) is 0 Å². The number of anilines is 2. The Balaban J connectivity index is 1.38. The maximum atomic E-state index is 13.1. The summed E-state index contributed by atoms with van der Waals surface area (Å²) in [5.74, 6) is 1.35. The summed E-state index contributed by atoms with van der Waals surface area (Å²) in [5, 5.41) is 3.07. The van der Waals surface area contributed by atoms with Crippen molar-refractivity contribution in [2.75, 3.05) is 30.3 Å². The average Bonchev–Trinajstić information content (AvgIpc) is 2.97. The molecule has 0 bridgehead atoms. The lowest BCUT2D eigenvalue weighted by Gasteiger charge is -2.29. The maximum absolute atomic E-state index is 13.1. The van der Waals surface area contributed by atoms with Crippen molar-refractivity contribution in [2.45, 2.75) is 45.4 Å². The first kappa shape index (κ1) is 22.0. The number of carbonyl (C=O) groups is 2. The molecule has 32 heavy (non-hydrogen) atoms. The fourth-order valence-corrected chi connectivity index (χ4v) is 4.48. The highest BCUT2D eigenvalue weighted by atomic mass is 16.5. The van der Waals surface area contributed by atoms with Crippen LogP contribution >= 0.6 is 0 Å². The summed E-state index contributed by atoms with van der Waals surface area (Å²) in [7, 11) is 0. The van der Waals surface area contributed by atoms with Crippen LogP contribution in [0.2, 0.25) is 0 Å². The van der Waals surface area contributed by atoms with E-state index in [1.165, 1.54) is 11.9 Å². The van der Waals surface area contributed by atoms with Crippen molar-refractivity contribution in [3.05, 3.63) is 41.7 Å². The van der Waals surface area contributed by atoms with Gasteiger partial charge in [-0.3, -0.25) is 9.59 Å². The molecule has 1 fully saturated rings. The molecule has 0 spiro atoms. The molecule has 1 saturated carbocycles. The van der Waals surface area contributed by atoms with Crippen LogP contribution in [0.4, 0.5) is 11.5 Å². The molecule has 170 valence electrons. The lowest BCUT2D eigenvalue weighted by molar-refractivity contribution is -0.124. The van der Waals surface area contributed by atoms with Gasteiger partial charge in [-0.1, -0.05) is 26.0 Å². The zero-order valence-electron chi connectivity index (χ0n) is 18.7. The molecule has 4 rings (SSSR count). The number of hydrogen-bond acceptors (Lipinski definition) is 6. The van der Waals surface area contributed by atoms with Crippen LogP contribution in [0.15, 0.2) is 30.6 Å². The zero-order valence-corrected chi connectivity index (χ0v) is 18.7. The predicted molar refractivity (Wildman–Crippen MR) is 123 cm³/mol. The molecule has 2 aromatic rings. The van der Waals surface area contributed by atoms with Gasteiger partial charge in [0.05, 0.1) is 6.54 Å². The molecule has 1 aliphatic carbocycles. The third-order valence-corrected chi connectivity index (χ3v) is 6.47. The minimum Gasteiger partial charge on any atom is -0.475 e. The highest BCUT2D eigenvalue weighted by Gasteiger charge is 2.29. The van der Waals surface area contributed by atoms with Gasteiger partial charge in [0.1, 0.15) is 24.3 Å². The number of nitrogens with zero attached hydrogens (tertiary/aromatic N) is 3. The van der Waals surface area contributed by atoms with E-state index in [0.29, 0.717) is 25.0 Å². The van der Waals surface area contributed by atoms with E-state index < -0.39 is 0 Å². The molecular weight excluding hydrogens is 406 g/mol. The highest BCUT2D eigenvalue weighted by Crippen LogP contribution is 2.36. The Morgan fingerprint density at radius 3 is 2.59 bits per heavy atom. The Morgan fingerprint density at radius 2 is 1.91 bits per heavy atom. The van der Waals surface area contributed by atoms with Crippen molar-refractivity contribution in [2.24, 2.45) is 11.8 Å². The van der Waals surface area contributed by atoms with Crippen LogP contribution in [-0.2, 0) is 4.79 Å². The van der Waals surface area contributed by atoms with Crippen molar-refractivity contribution < 1.29 is 14.3 Å². The number of nitrogen functional groups attached to an aromatic ring is 1. The van der Waals surface area contributed by atoms with Gasteiger partial charge in [-0.2, -0.15) is 0 Å². The number of fused-ring (bicyclic) bond motifs is 1. The quantitative estimate of drug-likeness (QED) is 0.743. The average molecular weight is 438 g/mol. The van der Waals surface area contributed by atoms with E-state index in [-0.39, 0.29) is 35.0 Å². The normalized spacial score (nSPS) is 21.0. The second-order valence-electron chi connectivity index (χ2n) is 8.95. The van der Waals surface area contributed by atoms with Gasteiger partial charge >= 0.3 is 0 Å². The lowest BCUT2D eigenvalue weighted by atomic mass is 9.78. The number of hydrogen-bond donors (Lipinski definition) is 2. The summed E-state index contributed by atoms with van der Waals surface area (Å²) in [6.45, 7) is 5.37. The first-order chi connectivity index (χ1) is 15.4. The Morgan fingerprint density at radius 1 is 1.19 bits per heavy atom. The molecule has 0 radical (unpaired) electrons. The molecule has 2 heterocycles. The van der Waals surface area contributed by atoms with Crippen LogP contribution in [0.25, 0.3) is 0 Å². The number of rotatable bonds is 5. The first-order valence-electron chi connectivity index (χ1n) is 11.4. The topological polar surface area (TPSA) is 110 Å². The highest BCUT2D eigenvalue weighted by molar-refractivity contribution is 6.10. The Hall–Kier alpha value is -3.16. The standard InChI is InChI=1S/C24H31N5O3/c1-15(2)22(30)26-13-16-3-5-17(6-4-16)18-7-9-19(10-8-18)29-11-12-32-23-20(24(29)31)21(25)27-14-28-23/h7-10,14-17H,3-6,11-13H2,1-2H3,(H,26,30)(H2,25,27,28). The molecule has 0 saturated heterocycles. The summed E-state index contributed by atoms with van der Waals surface area (Å²) < 4.78 is 5.61. The molecule has 0 atom stereocenters. The monoisotopic (exact) mass is 437 g/mol. The fraction of sp³-hybridized carbons (Fsp3) is 0.500. The van der Waals surface area contributed by atoms with Gasteiger partial charge in [0.25, 0.3) is 5.91 Å². The number of benzene rings is 1. The van der Waals surface area contributed by atoms with E-state index in [1.807, 2.05) is 26.0 Å². The summed E-state index contributed by atoms with van der Waals surface area (Å²) >= 11 is 0. The van der Waals surface area contributed by atoms with E-state index >= 15 is 0 Å². The zero-order chi connectivity index (χ0) is 22.7. The number of carbonyl (C=O) groups excluding carboxylic acids is 2. The SMILES string of the molecule is CC(C)C(=O)NCC1CCC(c2ccc(N3CCOc4ncnc(N)c4C3=O)cc2)CC1. The molecule has 1 aliphatic heterocycles. The number of ether oxygens (including phenoxy) is 1. The van der Waals surface area contributed by atoms with Gasteiger partial charge in [-0.05, 0) is 55.2 Å². The molecule has 0 unspecified atom stereocenters. The molecular formula is C24H31N5O3. The van der Waals surface area contributed by atoms with E-state index in [0.717, 1.165) is 37.9 Å². The van der Waals surface area contributed by atoms with Crippen molar-refractivity contribution >= 4 is 23.3 Å². The minimum atomic E-state index is -0.243. The van der Waals surface area contributed by atoms with Gasteiger partial charge in [0, 0.05) is 18.2 Å². The van der Waals surface area contributed by atoms with Gasteiger partial charge in [-0.25, -0.2) is 9.97 Å². The second-order valence-corrected chi connectivity index (χ2v) is 8.95. The van der Waals surface area contributed by atoms with Crippen LogP contribution < -0.4 is 20.7 Å². The molecule has 8 nitrogen and oxygen atoms in total. The van der Waals surface area contributed by atoms with Gasteiger partial charge in [0.2, 0.25) is 11.8 Å². The lowest BCUT2D eigenvalue weighted by Crippen LogP contribution is -2.33. The molecule has 8 heteroatoms. The number of nitrogens with two attached hydrogens (primary N) is 1. The maximum Gasteiger partial charge on any atom is 0.267 e. The van der Waals surface area contributed by atoms with Crippen molar-refractivity contribution in [3.63, 3.8) is 0 Å². The van der Waals surface area contributed by atoms with Gasteiger partial charge in [0.15, 0.2) is 0 Å². The molecule has 1 aromatic carbocycles. The second kappa shape index (κ2) is 9.54. The molecule has 3 N–H and O–H groups in total. The van der Waals surface area contributed by atoms with Crippen LogP contribution in [-0.4, -0.2) is 41.5 Å². The van der Waals surface area contributed by atoms with E-state index in [4.69, 9.17) is 10.5 Å². The van der Waals surface area contributed by atoms with Crippen LogP contribution in [0.1, 0.15) is 61.4 Å². The van der Waals surface area contributed by atoms with Crippen molar-refractivity contribution in [1.82, 2.24) is 15.3 Å². The Labute approximate surface area is 188 Å². The minimum absolute atomic E-state index is 0.0324. The van der Waals surface area contributed by atoms with Crippen LogP contribution in [0.3, 0.4) is 0 Å². The van der Waals surface area contributed by atoms with E-state index in [1.54, 1.807) is 4.90 Å². The number of amides is 2. The summed E-state index contributed by atoms with van der Waals surface area (Å²) in [6.07, 6.45) is 5.75. The van der Waals surface area contributed by atoms with E-state index in [2.05, 4.69) is 27.4 Å². The fourth-order valence-electron chi connectivity index (χ4n) is 4.48. The third kappa shape index (κ3) is 4.69. The van der Waals surface area contributed by atoms with Gasteiger partial charge < -0.3 is 20.7 Å². The largest absolute Gasteiger partial charge is 0.475 e. The third-order valence-electron chi connectivity index (χ3n) is 6.47. The molecule has 1 aromatic heterocycles. The van der Waals surface area contributed by atoms with Crippen molar-refractivity contribution in [3.8, 4) is 5.88 Å². The summed E-state index contributed by atoms with van der Waals surface area (Å²) in [6, 6.07) is 8.22. The smallest absolute Gasteiger partial charge is 0.267 e. The van der Waals surface area contributed by atoms with Crippen LogP contribution in [0.5, 0.6) is 5.88 Å². The predicted octanol–water partition coefficient (Wildman–Crippen LogP) is 3.14. The number of nitrogens with one attached hydrogen (secondary N) is 1. The molecule has 2 amide bonds. The Bertz CT molecular complexity index is 968. The van der Waals surface area contributed by atoms with E-state index in [9.17, 15) is 9.59 Å². The van der Waals surface area contributed by atoms with Crippen LogP contribution in [0, 0.1) is 11.8 Å². The Kier molecular flexibility index (Phi) is 6.58. The van der Waals surface area contributed by atoms with Crippen molar-refractivity contribution in [1.29, 1.82) is 0 Å². The first-order valence-corrected chi connectivity index (χ1v) is 11.4. The molecule has 2 aliphatic rings. The summed E-state index contributed by atoms with van der Waals surface area (Å²) in [5.41, 5.74) is 8.25. The summed E-state index contributed by atoms with van der Waals surface area (Å²) in [4.78, 5) is 34.6. The number of aromatic nitrogens is 2.